The number of rotatable bonds is 11. The van der Waals surface area contributed by atoms with Crippen LogP contribution in [0.2, 0.25) is 5.02 Å². The standard InChI is InChI=1S/C25H33ClN2O2/c1-19(2)25(18-27,21-7-9-22(26)10-8-21)12-6-13-28(3)14-11-20-15-23(29-4)17-24(16-20)30-5/h7-10,15-17,19H,6,11-14H2,1-5H3. The number of ether oxygens (including phenoxy) is 2. The Morgan fingerprint density at radius 2 is 1.63 bits per heavy atom. The Morgan fingerprint density at radius 1 is 1.03 bits per heavy atom. The highest BCUT2D eigenvalue weighted by molar-refractivity contribution is 6.30. The van der Waals surface area contributed by atoms with Crippen LogP contribution in [-0.2, 0) is 11.8 Å². The molecule has 0 heterocycles. The quantitative estimate of drug-likeness (QED) is 0.458. The van der Waals surface area contributed by atoms with Crippen LogP contribution >= 0.6 is 11.6 Å². The molecule has 1 atom stereocenters. The van der Waals surface area contributed by atoms with Crippen LogP contribution in [0.5, 0.6) is 11.5 Å². The molecule has 2 aromatic rings. The third kappa shape index (κ3) is 6.14. The van der Waals surface area contributed by atoms with Gasteiger partial charge in [-0.05, 0) is 74.2 Å². The Hall–Kier alpha value is -2.22. The predicted octanol–water partition coefficient (Wildman–Crippen LogP) is 5.73. The summed E-state index contributed by atoms with van der Waals surface area (Å²) in [6.07, 6.45) is 2.68. The molecule has 0 fully saturated rings. The highest BCUT2D eigenvalue weighted by Crippen LogP contribution is 2.37. The van der Waals surface area contributed by atoms with E-state index in [9.17, 15) is 5.26 Å². The maximum atomic E-state index is 10.1. The topological polar surface area (TPSA) is 45.5 Å². The lowest BCUT2D eigenvalue weighted by Gasteiger charge is -2.32. The van der Waals surface area contributed by atoms with Crippen LogP contribution in [-0.4, -0.2) is 39.3 Å². The summed E-state index contributed by atoms with van der Waals surface area (Å²) in [5.41, 5.74) is 1.74. The molecular weight excluding hydrogens is 396 g/mol. The van der Waals surface area contributed by atoms with Gasteiger partial charge in [0, 0.05) is 17.6 Å². The maximum Gasteiger partial charge on any atom is 0.122 e. The average molecular weight is 429 g/mol. The zero-order chi connectivity index (χ0) is 22.1. The molecule has 5 heteroatoms. The van der Waals surface area contributed by atoms with Gasteiger partial charge in [-0.1, -0.05) is 37.6 Å². The van der Waals surface area contributed by atoms with Gasteiger partial charge in [0.1, 0.15) is 11.5 Å². The van der Waals surface area contributed by atoms with E-state index in [1.165, 1.54) is 5.56 Å². The number of methoxy groups -OCH3 is 2. The van der Waals surface area contributed by atoms with Crippen LogP contribution in [0.15, 0.2) is 42.5 Å². The number of hydrogen-bond acceptors (Lipinski definition) is 4. The summed E-state index contributed by atoms with van der Waals surface area (Å²) in [6, 6.07) is 16.3. The van der Waals surface area contributed by atoms with Crippen molar-refractivity contribution in [1.29, 1.82) is 5.26 Å². The molecule has 0 aromatic heterocycles. The second-order valence-corrected chi connectivity index (χ2v) is 8.56. The molecule has 0 spiro atoms. The Morgan fingerprint density at radius 3 is 2.13 bits per heavy atom. The van der Waals surface area contributed by atoms with E-state index in [1.807, 2.05) is 30.3 Å². The minimum absolute atomic E-state index is 0.221. The zero-order valence-corrected chi connectivity index (χ0v) is 19.5. The van der Waals surface area contributed by atoms with E-state index >= 15 is 0 Å². The fourth-order valence-electron chi connectivity index (χ4n) is 3.83. The highest BCUT2D eigenvalue weighted by atomic mass is 35.5. The molecule has 0 amide bonds. The fourth-order valence-corrected chi connectivity index (χ4v) is 3.96. The van der Waals surface area contributed by atoms with Gasteiger partial charge in [0.05, 0.1) is 25.7 Å². The van der Waals surface area contributed by atoms with Crippen LogP contribution < -0.4 is 9.47 Å². The zero-order valence-electron chi connectivity index (χ0n) is 18.7. The van der Waals surface area contributed by atoms with Crippen molar-refractivity contribution in [2.45, 2.75) is 38.5 Å². The monoisotopic (exact) mass is 428 g/mol. The highest BCUT2D eigenvalue weighted by Gasteiger charge is 2.35. The molecule has 2 aromatic carbocycles. The molecule has 0 aliphatic heterocycles. The lowest BCUT2D eigenvalue weighted by atomic mass is 9.70. The van der Waals surface area contributed by atoms with Crippen LogP contribution in [0.3, 0.4) is 0 Å². The molecule has 0 aliphatic rings. The second-order valence-electron chi connectivity index (χ2n) is 8.12. The van der Waals surface area contributed by atoms with Crippen molar-refractivity contribution in [2.24, 2.45) is 5.92 Å². The third-order valence-corrected chi connectivity index (χ3v) is 6.10. The molecule has 1 unspecified atom stereocenters. The summed E-state index contributed by atoms with van der Waals surface area (Å²) in [7, 11) is 5.46. The molecule has 162 valence electrons. The van der Waals surface area contributed by atoms with E-state index in [0.717, 1.165) is 49.4 Å². The summed E-state index contributed by atoms with van der Waals surface area (Å²) in [5.74, 6) is 1.84. The first-order valence-corrected chi connectivity index (χ1v) is 10.8. The van der Waals surface area contributed by atoms with E-state index < -0.39 is 5.41 Å². The van der Waals surface area contributed by atoms with Crippen LogP contribution in [0, 0.1) is 17.2 Å². The van der Waals surface area contributed by atoms with Gasteiger partial charge in [0.15, 0.2) is 0 Å². The van der Waals surface area contributed by atoms with Crippen molar-refractivity contribution in [3.8, 4) is 17.6 Å². The lowest BCUT2D eigenvalue weighted by Crippen LogP contribution is -2.32. The van der Waals surface area contributed by atoms with E-state index in [1.54, 1.807) is 14.2 Å². The van der Waals surface area contributed by atoms with Gasteiger partial charge in [0.25, 0.3) is 0 Å². The number of halogens is 1. The van der Waals surface area contributed by atoms with E-state index in [2.05, 4.69) is 44.0 Å². The minimum Gasteiger partial charge on any atom is -0.497 e. The van der Waals surface area contributed by atoms with Crippen molar-refractivity contribution >= 4 is 11.6 Å². The second kappa shape index (κ2) is 11.2. The van der Waals surface area contributed by atoms with E-state index in [0.29, 0.717) is 5.02 Å². The van der Waals surface area contributed by atoms with E-state index in [4.69, 9.17) is 21.1 Å². The summed E-state index contributed by atoms with van der Waals surface area (Å²) in [6.45, 7) is 6.11. The molecular formula is C25H33ClN2O2. The van der Waals surface area contributed by atoms with Crippen LogP contribution in [0.4, 0.5) is 0 Å². The van der Waals surface area contributed by atoms with Crippen molar-refractivity contribution in [2.75, 3.05) is 34.4 Å². The first-order chi connectivity index (χ1) is 14.3. The first-order valence-electron chi connectivity index (χ1n) is 10.4. The average Bonchev–Trinajstić information content (AvgIpc) is 2.75. The Kier molecular flexibility index (Phi) is 9.02. The largest absolute Gasteiger partial charge is 0.497 e. The summed E-state index contributed by atoms with van der Waals surface area (Å²) >= 11 is 6.05. The van der Waals surface area contributed by atoms with Gasteiger partial charge in [0.2, 0.25) is 0 Å². The minimum atomic E-state index is -0.494. The van der Waals surface area contributed by atoms with E-state index in [-0.39, 0.29) is 5.92 Å². The number of benzene rings is 2. The number of nitriles is 1. The van der Waals surface area contributed by atoms with Gasteiger partial charge in [-0.15, -0.1) is 0 Å². The third-order valence-electron chi connectivity index (χ3n) is 5.85. The van der Waals surface area contributed by atoms with Gasteiger partial charge < -0.3 is 14.4 Å². The molecule has 0 saturated heterocycles. The summed E-state index contributed by atoms with van der Waals surface area (Å²) in [5, 5.41) is 10.8. The maximum absolute atomic E-state index is 10.1. The Bertz CT molecular complexity index is 823. The molecule has 0 bridgehead atoms. The van der Waals surface area contributed by atoms with Gasteiger partial charge in [-0.2, -0.15) is 5.26 Å². The molecule has 0 N–H and O–H groups in total. The number of hydrogen-bond donors (Lipinski definition) is 0. The predicted molar refractivity (Wildman–Crippen MR) is 124 cm³/mol. The first kappa shape index (κ1) is 24.1. The van der Waals surface area contributed by atoms with Crippen LogP contribution in [0.1, 0.15) is 37.8 Å². The molecule has 0 saturated carbocycles. The molecule has 30 heavy (non-hydrogen) atoms. The SMILES string of the molecule is COc1cc(CCN(C)CCCC(C#N)(c2ccc(Cl)cc2)C(C)C)cc(OC)c1. The number of likely N-dealkylation sites (N-methyl/N-ethyl adjacent to an activating group) is 1. The van der Waals surface area contributed by atoms with Gasteiger partial charge >= 0.3 is 0 Å². The molecule has 4 nitrogen and oxygen atoms in total. The number of nitrogens with zero attached hydrogens (tertiary/aromatic N) is 2. The summed E-state index contributed by atoms with van der Waals surface area (Å²) in [4.78, 5) is 2.32. The molecule has 2 rings (SSSR count). The Balaban J connectivity index is 1.95. The smallest absolute Gasteiger partial charge is 0.122 e. The fraction of sp³-hybridized carbons (Fsp3) is 0.480. The van der Waals surface area contributed by atoms with Crippen molar-refractivity contribution in [1.82, 2.24) is 4.90 Å². The normalized spacial score (nSPS) is 13.2. The molecule has 0 radical (unpaired) electrons. The van der Waals surface area contributed by atoms with Gasteiger partial charge in [-0.25, -0.2) is 0 Å². The molecule has 0 aliphatic carbocycles. The van der Waals surface area contributed by atoms with Crippen molar-refractivity contribution in [3.05, 3.63) is 58.6 Å². The van der Waals surface area contributed by atoms with Gasteiger partial charge in [-0.3, -0.25) is 0 Å². The Labute approximate surface area is 186 Å². The summed E-state index contributed by atoms with van der Waals surface area (Å²) < 4.78 is 10.7. The van der Waals surface area contributed by atoms with Crippen LogP contribution in [0.25, 0.3) is 0 Å². The lowest BCUT2D eigenvalue weighted by molar-refractivity contribution is 0.293. The van der Waals surface area contributed by atoms with Crippen molar-refractivity contribution < 1.29 is 9.47 Å². The van der Waals surface area contributed by atoms with Crippen molar-refractivity contribution in [3.63, 3.8) is 0 Å².